The van der Waals surface area contributed by atoms with Crippen molar-refractivity contribution in [2.45, 2.75) is 6.42 Å². The number of hydrogen-bond acceptors (Lipinski definition) is 5. The minimum atomic E-state index is -0.262. The van der Waals surface area contributed by atoms with Crippen LogP contribution in [0.4, 0.5) is 10.8 Å². The number of benzene rings is 2. The van der Waals surface area contributed by atoms with Crippen molar-refractivity contribution in [2.24, 2.45) is 0 Å². The number of ether oxygens (including phenoxy) is 1. The molecule has 0 spiro atoms. The number of rotatable bonds is 6. The first-order valence-electron chi connectivity index (χ1n) is 7.89. The maximum atomic E-state index is 12.2. The van der Waals surface area contributed by atoms with Crippen LogP contribution in [0.15, 0.2) is 60.0 Å². The zero-order valence-corrected chi connectivity index (χ0v) is 14.9. The number of carbonyl (C=O) groups is 2. The number of thiazole rings is 1. The third kappa shape index (κ3) is 4.67. The molecule has 0 aliphatic heterocycles. The zero-order chi connectivity index (χ0) is 18.4. The van der Waals surface area contributed by atoms with Gasteiger partial charge in [0.2, 0.25) is 5.91 Å². The van der Waals surface area contributed by atoms with Crippen LogP contribution in [0.3, 0.4) is 0 Å². The van der Waals surface area contributed by atoms with Gasteiger partial charge < -0.3 is 10.1 Å². The number of para-hydroxylation sites is 1. The summed E-state index contributed by atoms with van der Waals surface area (Å²) in [6, 6.07) is 16.0. The summed E-state index contributed by atoms with van der Waals surface area (Å²) in [4.78, 5) is 28.6. The molecule has 0 bridgehead atoms. The van der Waals surface area contributed by atoms with Gasteiger partial charge in [0, 0.05) is 16.6 Å². The van der Waals surface area contributed by atoms with Crippen molar-refractivity contribution in [1.29, 1.82) is 0 Å². The molecular weight excluding hydrogens is 350 g/mol. The van der Waals surface area contributed by atoms with Crippen molar-refractivity contribution in [3.8, 4) is 5.75 Å². The van der Waals surface area contributed by atoms with Crippen molar-refractivity contribution in [2.75, 3.05) is 17.7 Å². The van der Waals surface area contributed by atoms with Gasteiger partial charge in [0.1, 0.15) is 5.75 Å². The van der Waals surface area contributed by atoms with Crippen molar-refractivity contribution in [3.63, 3.8) is 0 Å². The standard InChI is InChI=1S/C19H17N3O3S/c1-25-16-9-7-13(8-10-16)18(24)22-19-21-15(12-26-19)11-17(23)20-14-5-3-2-4-6-14/h2-10,12H,11H2,1H3,(H,20,23)(H,21,22,24). The Labute approximate surface area is 154 Å². The van der Waals surface area contributed by atoms with E-state index in [1.807, 2.05) is 30.3 Å². The fraction of sp³-hybridized carbons (Fsp3) is 0.105. The third-order valence-corrected chi connectivity index (χ3v) is 4.33. The first-order valence-corrected chi connectivity index (χ1v) is 8.77. The summed E-state index contributed by atoms with van der Waals surface area (Å²) in [6.45, 7) is 0. The molecule has 1 heterocycles. The molecule has 2 aromatic carbocycles. The summed E-state index contributed by atoms with van der Waals surface area (Å²) < 4.78 is 5.07. The molecule has 0 saturated heterocycles. The molecule has 0 aliphatic rings. The maximum Gasteiger partial charge on any atom is 0.257 e. The number of nitrogens with one attached hydrogen (secondary N) is 2. The summed E-state index contributed by atoms with van der Waals surface area (Å²) in [5, 5.41) is 7.75. The highest BCUT2D eigenvalue weighted by Gasteiger charge is 2.11. The molecule has 0 aliphatic carbocycles. The van der Waals surface area contributed by atoms with Gasteiger partial charge in [0.05, 0.1) is 19.2 Å². The average Bonchev–Trinajstić information content (AvgIpc) is 3.09. The number of anilines is 2. The van der Waals surface area contributed by atoms with Gasteiger partial charge >= 0.3 is 0 Å². The van der Waals surface area contributed by atoms with Gasteiger partial charge in [-0.25, -0.2) is 4.98 Å². The number of aromatic nitrogens is 1. The van der Waals surface area contributed by atoms with Crippen LogP contribution in [-0.2, 0) is 11.2 Å². The van der Waals surface area contributed by atoms with E-state index in [1.54, 1.807) is 36.8 Å². The monoisotopic (exact) mass is 367 g/mol. The summed E-state index contributed by atoms with van der Waals surface area (Å²) in [7, 11) is 1.57. The quantitative estimate of drug-likeness (QED) is 0.698. The topological polar surface area (TPSA) is 80.3 Å². The number of amides is 2. The minimum Gasteiger partial charge on any atom is -0.497 e. The molecule has 132 valence electrons. The van der Waals surface area contributed by atoms with Crippen LogP contribution in [0, 0.1) is 0 Å². The molecular formula is C19H17N3O3S. The highest BCUT2D eigenvalue weighted by Crippen LogP contribution is 2.18. The molecule has 0 fully saturated rings. The molecule has 3 aromatic rings. The van der Waals surface area contributed by atoms with E-state index in [0.29, 0.717) is 22.1 Å². The lowest BCUT2D eigenvalue weighted by atomic mass is 10.2. The van der Waals surface area contributed by atoms with E-state index < -0.39 is 0 Å². The first kappa shape index (κ1) is 17.6. The Balaban J connectivity index is 1.57. The van der Waals surface area contributed by atoms with Crippen LogP contribution in [0.5, 0.6) is 5.75 Å². The predicted octanol–water partition coefficient (Wildman–Crippen LogP) is 3.59. The molecule has 7 heteroatoms. The van der Waals surface area contributed by atoms with E-state index in [1.165, 1.54) is 11.3 Å². The Morgan fingerprint density at radius 3 is 2.46 bits per heavy atom. The van der Waals surface area contributed by atoms with E-state index in [0.717, 1.165) is 5.69 Å². The molecule has 0 radical (unpaired) electrons. The van der Waals surface area contributed by atoms with Crippen LogP contribution in [0.2, 0.25) is 0 Å². The van der Waals surface area contributed by atoms with Gasteiger partial charge in [-0.15, -0.1) is 11.3 Å². The number of methoxy groups -OCH3 is 1. The molecule has 0 atom stereocenters. The van der Waals surface area contributed by atoms with E-state index in [-0.39, 0.29) is 18.2 Å². The van der Waals surface area contributed by atoms with Crippen LogP contribution in [0.1, 0.15) is 16.1 Å². The van der Waals surface area contributed by atoms with Crippen LogP contribution in [0.25, 0.3) is 0 Å². The Morgan fingerprint density at radius 2 is 1.77 bits per heavy atom. The molecule has 2 amide bonds. The van der Waals surface area contributed by atoms with Gasteiger partial charge in [0.25, 0.3) is 5.91 Å². The molecule has 26 heavy (non-hydrogen) atoms. The van der Waals surface area contributed by atoms with E-state index in [2.05, 4.69) is 15.6 Å². The lowest BCUT2D eigenvalue weighted by Gasteiger charge is -2.04. The largest absolute Gasteiger partial charge is 0.497 e. The Morgan fingerprint density at radius 1 is 1.04 bits per heavy atom. The first-order chi connectivity index (χ1) is 12.6. The van der Waals surface area contributed by atoms with Gasteiger partial charge in [-0.2, -0.15) is 0 Å². The average molecular weight is 367 g/mol. The fourth-order valence-corrected chi connectivity index (χ4v) is 2.95. The Hall–Kier alpha value is -3.19. The summed E-state index contributed by atoms with van der Waals surface area (Å²) in [6.07, 6.45) is 0.143. The second-order valence-corrected chi connectivity index (χ2v) is 6.28. The van der Waals surface area contributed by atoms with Gasteiger partial charge in [0.15, 0.2) is 5.13 Å². The van der Waals surface area contributed by atoms with Crippen molar-refractivity contribution in [1.82, 2.24) is 4.98 Å². The number of hydrogen-bond donors (Lipinski definition) is 2. The van der Waals surface area contributed by atoms with E-state index in [9.17, 15) is 9.59 Å². The molecule has 0 saturated carbocycles. The zero-order valence-electron chi connectivity index (χ0n) is 14.1. The fourth-order valence-electron chi connectivity index (χ4n) is 2.25. The van der Waals surface area contributed by atoms with Crippen molar-refractivity contribution in [3.05, 3.63) is 71.2 Å². The van der Waals surface area contributed by atoms with Crippen LogP contribution < -0.4 is 15.4 Å². The third-order valence-electron chi connectivity index (χ3n) is 3.52. The van der Waals surface area contributed by atoms with Crippen LogP contribution in [-0.4, -0.2) is 23.9 Å². The second-order valence-electron chi connectivity index (χ2n) is 5.42. The predicted molar refractivity (Wildman–Crippen MR) is 102 cm³/mol. The molecule has 1 aromatic heterocycles. The molecule has 2 N–H and O–H groups in total. The molecule has 6 nitrogen and oxygen atoms in total. The smallest absolute Gasteiger partial charge is 0.257 e. The summed E-state index contributed by atoms with van der Waals surface area (Å²) in [5.41, 5.74) is 1.85. The number of carbonyl (C=O) groups excluding carboxylic acids is 2. The van der Waals surface area contributed by atoms with Crippen molar-refractivity contribution >= 4 is 34.0 Å². The van der Waals surface area contributed by atoms with Gasteiger partial charge in [-0.05, 0) is 36.4 Å². The maximum absolute atomic E-state index is 12.2. The van der Waals surface area contributed by atoms with Crippen LogP contribution >= 0.6 is 11.3 Å². The number of nitrogens with zero attached hydrogens (tertiary/aromatic N) is 1. The molecule has 3 rings (SSSR count). The van der Waals surface area contributed by atoms with E-state index >= 15 is 0 Å². The summed E-state index contributed by atoms with van der Waals surface area (Å²) >= 11 is 1.28. The highest BCUT2D eigenvalue weighted by atomic mass is 32.1. The van der Waals surface area contributed by atoms with E-state index in [4.69, 9.17) is 4.74 Å². The minimum absolute atomic E-state index is 0.143. The van der Waals surface area contributed by atoms with Crippen molar-refractivity contribution < 1.29 is 14.3 Å². The highest BCUT2D eigenvalue weighted by molar-refractivity contribution is 7.14. The summed E-state index contributed by atoms with van der Waals surface area (Å²) in [5.74, 6) is 0.263. The Bertz CT molecular complexity index is 892. The van der Waals surface area contributed by atoms with Gasteiger partial charge in [-0.1, -0.05) is 18.2 Å². The second kappa shape index (κ2) is 8.26. The Kier molecular flexibility index (Phi) is 5.60. The molecule has 0 unspecified atom stereocenters. The lowest BCUT2D eigenvalue weighted by Crippen LogP contribution is -2.15. The normalized spacial score (nSPS) is 10.2. The lowest BCUT2D eigenvalue weighted by molar-refractivity contribution is -0.115. The van der Waals surface area contributed by atoms with Gasteiger partial charge in [-0.3, -0.25) is 14.9 Å². The SMILES string of the molecule is COc1ccc(C(=O)Nc2nc(CC(=O)Nc3ccccc3)cs2)cc1.